The maximum Gasteiger partial charge on any atom is 0.228 e. The van der Waals surface area contributed by atoms with Gasteiger partial charge in [0.15, 0.2) is 18.9 Å². The van der Waals surface area contributed by atoms with Gasteiger partial charge in [0.05, 0.1) is 6.42 Å². The molecule has 3 heteroatoms. The Morgan fingerprint density at radius 2 is 2.00 bits per heavy atom. The highest BCUT2D eigenvalue weighted by molar-refractivity contribution is 5.75. The number of aryl methyl sites for hydroxylation is 2. The Hall–Kier alpha value is -1.38. The van der Waals surface area contributed by atoms with Gasteiger partial charge in [-0.15, -0.1) is 0 Å². The zero-order valence-corrected chi connectivity index (χ0v) is 11.1. The van der Waals surface area contributed by atoms with E-state index in [4.69, 9.17) is 0 Å². The van der Waals surface area contributed by atoms with Crippen molar-refractivity contribution in [1.29, 1.82) is 0 Å². The van der Waals surface area contributed by atoms with Gasteiger partial charge in [0, 0.05) is 25.7 Å². The van der Waals surface area contributed by atoms with Crippen molar-refractivity contribution in [1.82, 2.24) is 4.90 Å². The van der Waals surface area contributed by atoms with Gasteiger partial charge in [-0.3, -0.25) is 4.79 Å². The Balaban J connectivity index is 2.34. The van der Waals surface area contributed by atoms with E-state index in [0.717, 1.165) is 25.9 Å². The van der Waals surface area contributed by atoms with Gasteiger partial charge >= 0.3 is 0 Å². The lowest BCUT2D eigenvalue weighted by Gasteiger charge is -2.15. The molecule has 0 spiro atoms. The highest BCUT2D eigenvalue weighted by Crippen LogP contribution is 1.96. The fourth-order valence-electron chi connectivity index (χ4n) is 1.62. The van der Waals surface area contributed by atoms with Gasteiger partial charge in [-0.1, -0.05) is 13.3 Å². The molecular formula is C14H23N2O+. The number of carbonyl (C=O) groups excluding carboxylic acids is 1. The maximum absolute atomic E-state index is 11.8. The van der Waals surface area contributed by atoms with E-state index < -0.39 is 0 Å². The van der Waals surface area contributed by atoms with Gasteiger partial charge in [0.1, 0.15) is 0 Å². The van der Waals surface area contributed by atoms with Crippen LogP contribution in [0.2, 0.25) is 0 Å². The van der Waals surface area contributed by atoms with E-state index in [9.17, 15) is 4.79 Å². The van der Waals surface area contributed by atoms with Crippen molar-refractivity contribution in [2.24, 2.45) is 0 Å². The fraction of sp³-hybridized carbons (Fsp3) is 0.571. The largest absolute Gasteiger partial charge is 0.346 e. The minimum atomic E-state index is 0.228. The molecule has 1 rings (SSSR count). The molecule has 1 aromatic rings. The second-order valence-electron chi connectivity index (χ2n) is 4.53. The lowest BCUT2D eigenvalue weighted by atomic mass is 10.3. The SMILES string of the molecule is CCCCN(C)C(=O)CC[n+]1ccc(C)cc1. The van der Waals surface area contributed by atoms with E-state index in [1.165, 1.54) is 5.56 Å². The molecule has 0 aromatic carbocycles. The molecule has 1 heterocycles. The van der Waals surface area contributed by atoms with Crippen LogP contribution in [0.15, 0.2) is 24.5 Å². The summed E-state index contributed by atoms with van der Waals surface area (Å²) < 4.78 is 2.05. The number of hydrogen-bond donors (Lipinski definition) is 0. The Labute approximate surface area is 104 Å². The first-order chi connectivity index (χ1) is 8.13. The molecule has 0 N–H and O–H groups in total. The van der Waals surface area contributed by atoms with E-state index in [2.05, 4.69) is 30.5 Å². The van der Waals surface area contributed by atoms with Crippen LogP contribution in [-0.4, -0.2) is 24.4 Å². The second kappa shape index (κ2) is 7.05. The molecule has 0 saturated heterocycles. The van der Waals surface area contributed by atoms with Crippen LogP contribution in [0.25, 0.3) is 0 Å². The molecule has 0 aliphatic heterocycles. The Kier molecular flexibility index (Phi) is 5.67. The number of rotatable bonds is 6. The number of carbonyl (C=O) groups is 1. The molecule has 94 valence electrons. The minimum Gasteiger partial charge on any atom is -0.346 e. The summed E-state index contributed by atoms with van der Waals surface area (Å²) in [6.07, 6.45) is 6.83. The van der Waals surface area contributed by atoms with Crippen molar-refractivity contribution in [2.45, 2.75) is 39.7 Å². The molecule has 1 aromatic heterocycles. The van der Waals surface area contributed by atoms with Gasteiger partial charge in [-0.05, 0) is 18.9 Å². The maximum atomic E-state index is 11.8. The third-order valence-electron chi connectivity index (χ3n) is 2.91. The van der Waals surface area contributed by atoms with Crippen LogP contribution < -0.4 is 4.57 Å². The number of nitrogens with zero attached hydrogens (tertiary/aromatic N) is 2. The molecule has 0 saturated carbocycles. The molecule has 0 radical (unpaired) electrons. The average molecular weight is 235 g/mol. The highest BCUT2D eigenvalue weighted by atomic mass is 16.2. The standard InChI is InChI=1S/C14H23N2O/c1-4-5-9-15(3)14(17)8-12-16-10-6-13(2)7-11-16/h6-7,10-11H,4-5,8-9,12H2,1-3H3/q+1. The Morgan fingerprint density at radius 3 is 2.59 bits per heavy atom. The van der Waals surface area contributed by atoms with E-state index >= 15 is 0 Å². The summed E-state index contributed by atoms with van der Waals surface area (Å²) in [5.41, 5.74) is 1.24. The highest BCUT2D eigenvalue weighted by Gasteiger charge is 2.10. The molecule has 0 fully saturated rings. The minimum absolute atomic E-state index is 0.228. The molecule has 0 aliphatic carbocycles. The van der Waals surface area contributed by atoms with Crippen molar-refractivity contribution < 1.29 is 9.36 Å². The molecule has 17 heavy (non-hydrogen) atoms. The summed E-state index contributed by atoms with van der Waals surface area (Å²) in [6.45, 7) is 5.83. The summed E-state index contributed by atoms with van der Waals surface area (Å²) in [6, 6.07) is 4.12. The average Bonchev–Trinajstić information content (AvgIpc) is 2.34. The zero-order chi connectivity index (χ0) is 12.7. The molecule has 0 aliphatic rings. The normalized spacial score (nSPS) is 10.3. The molecular weight excluding hydrogens is 212 g/mol. The van der Waals surface area contributed by atoms with Crippen LogP contribution in [0.5, 0.6) is 0 Å². The fourth-order valence-corrected chi connectivity index (χ4v) is 1.62. The van der Waals surface area contributed by atoms with E-state index in [1.807, 2.05) is 24.3 Å². The van der Waals surface area contributed by atoms with Gasteiger partial charge in [0.25, 0.3) is 0 Å². The first-order valence-corrected chi connectivity index (χ1v) is 6.33. The summed E-state index contributed by atoms with van der Waals surface area (Å²) in [5.74, 6) is 0.228. The topological polar surface area (TPSA) is 24.2 Å². The lowest BCUT2D eigenvalue weighted by molar-refractivity contribution is -0.696. The van der Waals surface area contributed by atoms with Crippen molar-refractivity contribution in [3.05, 3.63) is 30.1 Å². The van der Waals surface area contributed by atoms with Crippen molar-refractivity contribution in [3.8, 4) is 0 Å². The number of unbranched alkanes of at least 4 members (excludes halogenated alkanes) is 1. The monoisotopic (exact) mass is 235 g/mol. The van der Waals surface area contributed by atoms with E-state index in [-0.39, 0.29) is 5.91 Å². The first kappa shape index (κ1) is 13.7. The molecule has 0 bridgehead atoms. The van der Waals surface area contributed by atoms with E-state index in [0.29, 0.717) is 6.42 Å². The third-order valence-corrected chi connectivity index (χ3v) is 2.91. The van der Waals surface area contributed by atoms with E-state index in [1.54, 1.807) is 0 Å². The predicted molar refractivity (Wildman–Crippen MR) is 68.5 cm³/mol. The van der Waals surface area contributed by atoms with Crippen molar-refractivity contribution >= 4 is 5.91 Å². The Morgan fingerprint density at radius 1 is 1.35 bits per heavy atom. The van der Waals surface area contributed by atoms with Gasteiger partial charge in [0.2, 0.25) is 5.91 Å². The lowest BCUT2D eigenvalue weighted by Crippen LogP contribution is -2.37. The zero-order valence-electron chi connectivity index (χ0n) is 11.1. The van der Waals surface area contributed by atoms with Crippen LogP contribution in [0.1, 0.15) is 31.7 Å². The van der Waals surface area contributed by atoms with Gasteiger partial charge < -0.3 is 4.90 Å². The van der Waals surface area contributed by atoms with Crippen LogP contribution in [0.4, 0.5) is 0 Å². The van der Waals surface area contributed by atoms with Crippen LogP contribution in [0, 0.1) is 6.92 Å². The van der Waals surface area contributed by atoms with Crippen LogP contribution in [0.3, 0.4) is 0 Å². The summed E-state index contributed by atoms with van der Waals surface area (Å²) in [4.78, 5) is 13.6. The summed E-state index contributed by atoms with van der Waals surface area (Å²) >= 11 is 0. The summed E-state index contributed by atoms with van der Waals surface area (Å²) in [7, 11) is 1.89. The van der Waals surface area contributed by atoms with Crippen LogP contribution in [-0.2, 0) is 11.3 Å². The quantitative estimate of drug-likeness (QED) is 0.691. The number of amides is 1. The first-order valence-electron chi connectivity index (χ1n) is 6.33. The molecule has 0 atom stereocenters. The summed E-state index contributed by atoms with van der Waals surface area (Å²) in [5, 5.41) is 0. The number of hydrogen-bond acceptors (Lipinski definition) is 1. The third kappa shape index (κ3) is 4.98. The predicted octanol–water partition coefficient (Wildman–Crippen LogP) is 1.93. The number of aromatic nitrogens is 1. The molecule has 0 unspecified atom stereocenters. The van der Waals surface area contributed by atoms with Crippen molar-refractivity contribution in [2.75, 3.05) is 13.6 Å². The van der Waals surface area contributed by atoms with Gasteiger partial charge in [-0.2, -0.15) is 0 Å². The molecule has 1 amide bonds. The smallest absolute Gasteiger partial charge is 0.228 e. The van der Waals surface area contributed by atoms with Crippen LogP contribution >= 0.6 is 0 Å². The van der Waals surface area contributed by atoms with Crippen molar-refractivity contribution in [3.63, 3.8) is 0 Å². The molecule has 3 nitrogen and oxygen atoms in total. The Bertz CT molecular complexity index is 346. The van der Waals surface area contributed by atoms with Gasteiger partial charge in [-0.25, -0.2) is 4.57 Å². The second-order valence-corrected chi connectivity index (χ2v) is 4.53. The number of pyridine rings is 1.